The van der Waals surface area contributed by atoms with Crippen LogP contribution < -0.4 is 0 Å². The van der Waals surface area contributed by atoms with E-state index in [2.05, 4.69) is 28.7 Å². The van der Waals surface area contributed by atoms with Gasteiger partial charge in [-0.3, -0.25) is 0 Å². The zero-order valence-electron chi connectivity index (χ0n) is 7.91. The van der Waals surface area contributed by atoms with Crippen LogP contribution in [0.5, 0.6) is 0 Å². The zero-order valence-corrected chi connectivity index (χ0v) is 12.5. The molecule has 0 radical (unpaired) electrons. The molecule has 0 fully saturated rings. The Morgan fingerprint density at radius 1 is 1.44 bits per heavy atom. The summed E-state index contributed by atoms with van der Waals surface area (Å²) in [6.45, 7) is 0. The molecule has 2 heterocycles. The van der Waals surface area contributed by atoms with Crippen molar-refractivity contribution in [2.45, 2.75) is 0 Å². The lowest BCUT2D eigenvalue weighted by Gasteiger charge is -1.98. The van der Waals surface area contributed by atoms with Crippen LogP contribution in [0, 0.1) is 14.2 Å². The van der Waals surface area contributed by atoms with Crippen LogP contribution in [0.2, 0.25) is 0 Å². The van der Waals surface area contributed by atoms with Crippen molar-refractivity contribution in [2.24, 2.45) is 0 Å². The fourth-order valence-electron chi connectivity index (χ4n) is 1.20. The second kappa shape index (κ2) is 5.32. The van der Waals surface area contributed by atoms with E-state index in [-0.39, 0.29) is 0 Å². The SMILES string of the molecule is N#CC(=C(Cl)c1csc(I)c1)c1cccs1. The van der Waals surface area contributed by atoms with Crippen LogP contribution in [0.15, 0.2) is 29.0 Å². The van der Waals surface area contributed by atoms with Crippen molar-refractivity contribution in [2.75, 3.05) is 0 Å². The molecule has 0 aliphatic heterocycles. The minimum absolute atomic E-state index is 0.532. The first-order valence-electron chi connectivity index (χ1n) is 4.30. The van der Waals surface area contributed by atoms with Crippen molar-refractivity contribution in [1.82, 2.24) is 0 Å². The predicted molar refractivity (Wildman–Crippen MR) is 79.6 cm³/mol. The molecule has 0 bridgehead atoms. The summed E-state index contributed by atoms with van der Waals surface area (Å²) in [7, 11) is 0. The van der Waals surface area contributed by atoms with Crippen molar-refractivity contribution in [3.05, 3.63) is 42.3 Å². The first kappa shape index (κ1) is 12.1. The third-order valence-electron chi connectivity index (χ3n) is 1.92. The number of halogens is 2. The van der Waals surface area contributed by atoms with Gasteiger partial charge in [-0.25, -0.2) is 0 Å². The van der Waals surface area contributed by atoms with Crippen LogP contribution in [0.4, 0.5) is 0 Å². The van der Waals surface area contributed by atoms with Crippen LogP contribution in [-0.2, 0) is 0 Å². The summed E-state index contributed by atoms with van der Waals surface area (Å²) in [5.41, 5.74) is 1.46. The molecule has 2 aromatic heterocycles. The van der Waals surface area contributed by atoms with Crippen molar-refractivity contribution < 1.29 is 0 Å². The Morgan fingerprint density at radius 2 is 2.25 bits per heavy atom. The molecule has 0 aliphatic rings. The van der Waals surface area contributed by atoms with E-state index in [4.69, 9.17) is 16.9 Å². The van der Waals surface area contributed by atoms with Crippen molar-refractivity contribution >= 4 is 67.5 Å². The van der Waals surface area contributed by atoms with Gasteiger partial charge in [-0.15, -0.1) is 22.7 Å². The number of hydrogen-bond donors (Lipinski definition) is 0. The summed E-state index contributed by atoms with van der Waals surface area (Å²) in [6, 6.07) is 7.98. The van der Waals surface area contributed by atoms with Gasteiger partial charge in [0.1, 0.15) is 6.07 Å². The number of thiophene rings is 2. The van der Waals surface area contributed by atoms with E-state index >= 15 is 0 Å². The monoisotopic (exact) mass is 377 g/mol. The summed E-state index contributed by atoms with van der Waals surface area (Å²) in [6.07, 6.45) is 0. The maximum atomic E-state index is 9.15. The fraction of sp³-hybridized carbons (Fsp3) is 0. The van der Waals surface area contributed by atoms with Crippen LogP contribution in [0.1, 0.15) is 10.4 Å². The predicted octanol–water partition coefficient (Wildman–Crippen LogP) is 5.04. The topological polar surface area (TPSA) is 23.8 Å². The third kappa shape index (κ3) is 2.48. The van der Waals surface area contributed by atoms with Gasteiger partial charge in [-0.05, 0) is 40.1 Å². The minimum atomic E-state index is 0.532. The maximum absolute atomic E-state index is 9.15. The molecule has 0 aromatic carbocycles. The van der Waals surface area contributed by atoms with Crippen LogP contribution in [-0.4, -0.2) is 0 Å². The molecule has 80 valence electrons. The van der Waals surface area contributed by atoms with E-state index in [1.807, 2.05) is 29.0 Å². The summed E-state index contributed by atoms with van der Waals surface area (Å²) < 4.78 is 1.16. The van der Waals surface area contributed by atoms with E-state index < -0.39 is 0 Å². The Labute approximate surface area is 120 Å². The van der Waals surface area contributed by atoms with E-state index in [0.717, 1.165) is 13.3 Å². The second-order valence-corrected chi connectivity index (χ2v) is 7.05. The molecule has 0 aliphatic carbocycles. The summed E-state index contributed by atoms with van der Waals surface area (Å²) in [5, 5.41) is 13.6. The number of nitrogens with zero attached hydrogens (tertiary/aromatic N) is 1. The average Bonchev–Trinajstić information content (AvgIpc) is 2.90. The first-order valence-corrected chi connectivity index (χ1v) is 7.52. The van der Waals surface area contributed by atoms with Gasteiger partial charge in [0.2, 0.25) is 0 Å². The highest BCUT2D eigenvalue weighted by molar-refractivity contribution is 14.1. The van der Waals surface area contributed by atoms with Gasteiger partial charge < -0.3 is 0 Å². The fourth-order valence-corrected chi connectivity index (χ4v) is 3.64. The molecule has 2 aromatic rings. The van der Waals surface area contributed by atoms with E-state index in [0.29, 0.717) is 10.6 Å². The molecule has 0 amide bonds. The van der Waals surface area contributed by atoms with Crippen LogP contribution in [0.25, 0.3) is 10.6 Å². The molecule has 0 N–H and O–H groups in total. The molecule has 0 spiro atoms. The first-order chi connectivity index (χ1) is 7.72. The molecule has 0 saturated heterocycles. The maximum Gasteiger partial charge on any atom is 0.102 e. The molecule has 16 heavy (non-hydrogen) atoms. The molecule has 2 rings (SSSR count). The lowest BCUT2D eigenvalue weighted by molar-refractivity contribution is 1.54. The summed E-state index contributed by atoms with van der Waals surface area (Å²) in [4.78, 5) is 0.911. The van der Waals surface area contributed by atoms with E-state index in [9.17, 15) is 0 Å². The zero-order chi connectivity index (χ0) is 11.5. The van der Waals surface area contributed by atoms with Crippen molar-refractivity contribution in [3.8, 4) is 6.07 Å². The number of hydrogen-bond acceptors (Lipinski definition) is 3. The number of allylic oxidation sites excluding steroid dienone is 1. The Morgan fingerprint density at radius 3 is 2.75 bits per heavy atom. The Hall–Kier alpha value is -0.350. The summed E-state index contributed by atoms with van der Waals surface area (Å²) in [5.74, 6) is 0. The highest BCUT2D eigenvalue weighted by Gasteiger charge is 2.11. The van der Waals surface area contributed by atoms with Gasteiger partial charge in [0.25, 0.3) is 0 Å². The van der Waals surface area contributed by atoms with Gasteiger partial charge in [0.15, 0.2) is 0 Å². The lowest BCUT2D eigenvalue weighted by Crippen LogP contribution is -1.80. The highest BCUT2D eigenvalue weighted by atomic mass is 127. The third-order valence-corrected chi connectivity index (χ3v) is 5.00. The Balaban J connectivity index is 2.51. The average molecular weight is 378 g/mol. The van der Waals surface area contributed by atoms with Crippen molar-refractivity contribution in [1.29, 1.82) is 5.26 Å². The van der Waals surface area contributed by atoms with Crippen LogP contribution in [0.3, 0.4) is 0 Å². The summed E-state index contributed by atoms with van der Waals surface area (Å²) >= 11 is 11.6. The molecular formula is C11H5ClINS2. The number of rotatable bonds is 2. The molecule has 1 nitrogen and oxygen atoms in total. The Bertz CT molecular complexity index is 563. The molecule has 0 unspecified atom stereocenters. The standard InChI is InChI=1S/C11H5ClINS2/c12-11(7-4-10(13)16-6-7)8(5-14)9-2-1-3-15-9/h1-4,6H. The van der Waals surface area contributed by atoms with E-state index in [1.165, 1.54) is 11.3 Å². The molecule has 0 saturated carbocycles. The quantitative estimate of drug-likeness (QED) is 0.531. The highest BCUT2D eigenvalue weighted by Crippen LogP contribution is 2.33. The van der Waals surface area contributed by atoms with Gasteiger partial charge in [0, 0.05) is 15.8 Å². The van der Waals surface area contributed by atoms with Gasteiger partial charge in [-0.2, -0.15) is 5.26 Å². The normalized spacial score (nSPS) is 12.1. The van der Waals surface area contributed by atoms with Gasteiger partial charge in [-0.1, -0.05) is 17.7 Å². The van der Waals surface area contributed by atoms with Gasteiger partial charge in [0.05, 0.1) is 13.5 Å². The van der Waals surface area contributed by atoms with Crippen molar-refractivity contribution in [3.63, 3.8) is 0 Å². The lowest BCUT2D eigenvalue weighted by atomic mass is 10.1. The van der Waals surface area contributed by atoms with E-state index in [1.54, 1.807) is 11.3 Å². The Kier molecular flexibility index (Phi) is 4.03. The second-order valence-electron chi connectivity index (χ2n) is 2.92. The smallest absolute Gasteiger partial charge is 0.102 e. The molecule has 0 atom stereocenters. The van der Waals surface area contributed by atoms with Gasteiger partial charge >= 0.3 is 0 Å². The number of nitriles is 1. The molecule has 5 heteroatoms. The van der Waals surface area contributed by atoms with Crippen LogP contribution >= 0.6 is 56.9 Å². The largest absolute Gasteiger partial charge is 0.192 e. The minimum Gasteiger partial charge on any atom is -0.192 e. The molecular weight excluding hydrogens is 373 g/mol.